The molecule has 0 saturated carbocycles. The largest absolute Gasteiger partial charge is 0.152 e. The van der Waals surface area contributed by atoms with Gasteiger partial charge in [0.25, 0.3) is 0 Å². The second kappa shape index (κ2) is 3.81. The summed E-state index contributed by atoms with van der Waals surface area (Å²) in [6.45, 7) is 5.96. The predicted molar refractivity (Wildman–Crippen MR) is 64.6 cm³/mol. The van der Waals surface area contributed by atoms with Crippen LogP contribution >= 0.6 is 11.3 Å². The monoisotopic (exact) mass is 200 g/mol. The Morgan fingerprint density at radius 3 is 2.79 bits per heavy atom. The Kier molecular flexibility index (Phi) is 2.51. The van der Waals surface area contributed by atoms with Crippen LogP contribution in [0.2, 0.25) is 0 Å². The molecule has 0 aliphatic rings. The molecule has 1 aromatic heterocycles. The molecule has 0 fully saturated rings. The van der Waals surface area contributed by atoms with Crippen molar-refractivity contribution in [2.75, 3.05) is 0 Å². The van der Waals surface area contributed by atoms with Crippen LogP contribution in [0.5, 0.6) is 0 Å². The minimum Gasteiger partial charge on any atom is -0.152 e. The number of hydrogen-bond acceptors (Lipinski definition) is 1. The van der Waals surface area contributed by atoms with Crippen LogP contribution in [-0.2, 0) is 0 Å². The first-order valence-corrected chi connectivity index (χ1v) is 5.52. The summed E-state index contributed by atoms with van der Waals surface area (Å²) >= 11 is 1.73. The summed E-state index contributed by atoms with van der Waals surface area (Å²) in [6, 6.07) is 8.49. The Hall–Kier alpha value is -1.34. The zero-order chi connectivity index (χ0) is 9.97. The summed E-state index contributed by atoms with van der Waals surface area (Å²) in [5.74, 6) is 0. The molecule has 0 unspecified atom stereocenters. The van der Waals surface area contributed by atoms with E-state index in [0.717, 1.165) is 0 Å². The van der Waals surface area contributed by atoms with Crippen molar-refractivity contribution in [1.29, 1.82) is 0 Å². The van der Waals surface area contributed by atoms with Gasteiger partial charge in [-0.2, -0.15) is 11.3 Å². The van der Waals surface area contributed by atoms with Gasteiger partial charge in [0, 0.05) is 0 Å². The highest BCUT2D eigenvalue weighted by Crippen LogP contribution is 2.27. The van der Waals surface area contributed by atoms with Crippen molar-refractivity contribution in [2.45, 2.75) is 6.92 Å². The smallest absolute Gasteiger partial charge is 0.00146 e. The summed E-state index contributed by atoms with van der Waals surface area (Å²) in [5.41, 5.74) is 5.13. The molecule has 2 rings (SSSR count). The standard InChI is InChI=1S/C13H12S/c1-3-11-5-4-6-13(10(11)2)12-7-8-14-9-12/h3-9H,1H2,2H3. The van der Waals surface area contributed by atoms with Gasteiger partial charge in [0.15, 0.2) is 0 Å². The molecule has 2 aromatic rings. The lowest BCUT2D eigenvalue weighted by molar-refractivity contribution is 1.44. The summed E-state index contributed by atoms with van der Waals surface area (Å²) < 4.78 is 0. The van der Waals surface area contributed by atoms with Crippen LogP contribution in [0.1, 0.15) is 11.1 Å². The average Bonchev–Trinajstić information content (AvgIpc) is 2.71. The molecule has 0 N–H and O–H groups in total. The molecule has 0 bridgehead atoms. The van der Waals surface area contributed by atoms with Crippen LogP contribution < -0.4 is 0 Å². The van der Waals surface area contributed by atoms with Gasteiger partial charge in [-0.1, -0.05) is 30.9 Å². The van der Waals surface area contributed by atoms with Gasteiger partial charge in [0.2, 0.25) is 0 Å². The third kappa shape index (κ3) is 1.51. The lowest BCUT2D eigenvalue weighted by atomic mass is 9.98. The second-order valence-electron chi connectivity index (χ2n) is 3.24. The SMILES string of the molecule is C=Cc1cccc(-c2ccsc2)c1C. The van der Waals surface area contributed by atoms with E-state index in [1.807, 2.05) is 6.08 Å². The maximum absolute atomic E-state index is 3.82. The molecule has 70 valence electrons. The van der Waals surface area contributed by atoms with Crippen molar-refractivity contribution >= 4 is 17.4 Å². The van der Waals surface area contributed by atoms with Crippen molar-refractivity contribution in [3.05, 3.63) is 52.7 Å². The molecule has 14 heavy (non-hydrogen) atoms. The van der Waals surface area contributed by atoms with Gasteiger partial charge in [0.05, 0.1) is 0 Å². The van der Waals surface area contributed by atoms with E-state index in [0.29, 0.717) is 0 Å². The van der Waals surface area contributed by atoms with Gasteiger partial charge in [0.1, 0.15) is 0 Å². The van der Waals surface area contributed by atoms with Gasteiger partial charge in [-0.05, 0) is 46.0 Å². The molecule has 0 amide bonds. The van der Waals surface area contributed by atoms with Gasteiger partial charge >= 0.3 is 0 Å². The Morgan fingerprint density at radius 2 is 2.14 bits per heavy atom. The quantitative estimate of drug-likeness (QED) is 0.675. The molecule has 0 aliphatic heterocycles. The fraction of sp³-hybridized carbons (Fsp3) is 0.0769. The van der Waals surface area contributed by atoms with Crippen LogP contribution in [0.3, 0.4) is 0 Å². The van der Waals surface area contributed by atoms with Gasteiger partial charge in [-0.15, -0.1) is 0 Å². The first-order chi connectivity index (χ1) is 6.83. The molecule has 0 aliphatic carbocycles. The summed E-state index contributed by atoms with van der Waals surface area (Å²) in [5, 5.41) is 4.28. The van der Waals surface area contributed by atoms with E-state index in [2.05, 4.69) is 48.5 Å². The van der Waals surface area contributed by atoms with Crippen molar-refractivity contribution in [1.82, 2.24) is 0 Å². The molecule has 1 heteroatoms. The van der Waals surface area contributed by atoms with Gasteiger partial charge in [-0.25, -0.2) is 0 Å². The summed E-state index contributed by atoms with van der Waals surface area (Å²) in [7, 11) is 0. The van der Waals surface area contributed by atoms with Gasteiger partial charge in [-0.3, -0.25) is 0 Å². The molecule has 0 spiro atoms. The average molecular weight is 200 g/mol. The minimum atomic E-state index is 1.22. The van der Waals surface area contributed by atoms with E-state index in [1.165, 1.54) is 22.3 Å². The van der Waals surface area contributed by atoms with Crippen LogP contribution in [0.15, 0.2) is 41.6 Å². The number of thiophene rings is 1. The molecule has 1 aromatic carbocycles. The van der Waals surface area contributed by atoms with E-state index < -0.39 is 0 Å². The van der Waals surface area contributed by atoms with E-state index in [9.17, 15) is 0 Å². The van der Waals surface area contributed by atoms with Crippen molar-refractivity contribution in [3.63, 3.8) is 0 Å². The van der Waals surface area contributed by atoms with Gasteiger partial charge < -0.3 is 0 Å². The first-order valence-electron chi connectivity index (χ1n) is 4.57. The highest BCUT2D eigenvalue weighted by atomic mass is 32.1. The molecular formula is C13H12S. The second-order valence-corrected chi connectivity index (χ2v) is 4.02. The third-order valence-corrected chi connectivity index (χ3v) is 3.11. The summed E-state index contributed by atoms with van der Waals surface area (Å²) in [6.07, 6.45) is 1.91. The molecule has 0 saturated heterocycles. The van der Waals surface area contributed by atoms with Crippen molar-refractivity contribution < 1.29 is 0 Å². The molecule has 0 atom stereocenters. The number of benzene rings is 1. The Balaban J connectivity index is 2.60. The fourth-order valence-electron chi connectivity index (χ4n) is 1.61. The van der Waals surface area contributed by atoms with E-state index >= 15 is 0 Å². The maximum Gasteiger partial charge on any atom is -0.00146 e. The van der Waals surface area contributed by atoms with E-state index in [1.54, 1.807) is 11.3 Å². The lowest BCUT2D eigenvalue weighted by Gasteiger charge is -2.06. The maximum atomic E-state index is 3.82. The molecule has 1 heterocycles. The number of hydrogen-bond donors (Lipinski definition) is 0. The minimum absolute atomic E-state index is 1.22. The van der Waals surface area contributed by atoms with Crippen LogP contribution in [0.4, 0.5) is 0 Å². The Morgan fingerprint density at radius 1 is 1.29 bits per heavy atom. The third-order valence-electron chi connectivity index (χ3n) is 2.43. The Labute approximate surface area is 88.5 Å². The lowest BCUT2D eigenvalue weighted by Crippen LogP contribution is -1.84. The van der Waals surface area contributed by atoms with E-state index in [-0.39, 0.29) is 0 Å². The zero-order valence-corrected chi connectivity index (χ0v) is 8.97. The highest BCUT2D eigenvalue weighted by Gasteiger charge is 2.03. The molecule has 0 nitrogen and oxygen atoms in total. The van der Waals surface area contributed by atoms with Crippen LogP contribution in [0.25, 0.3) is 17.2 Å². The predicted octanol–water partition coefficient (Wildman–Crippen LogP) is 4.37. The van der Waals surface area contributed by atoms with E-state index in [4.69, 9.17) is 0 Å². The van der Waals surface area contributed by atoms with Crippen molar-refractivity contribution in [2.24, 2.45) is 0 Å². The molecule has 0 radical (unpaired) electrons. The first kappa shape index (κ1) is 9.22. The number of rotatable bonds is 2. The molecular weight excluding hydrogens is 188 g/mol. The van der Waals surface area contributed by atoms with Crippen molar-refractivity contribution in [3.8, 4) is 11.1 Å². The Bertz CT molecular complexity index is 438. The normalized spacial score (nSPS) is 10.1. The zero-order valence-electron chi connectivity index (χ0n) is 8.16. The highest BCUT2D eigenvalue weighted by molar-refractivity contribution is 7.08. The summed E-state index contributed by atoms with van der Waals surface area (Å²) in [4.78, 5) is 0. The topological polar surface area (TPSA) is 0 Å². The fourth-order valence-corrected chi connectivity index (χ4v) is 2.26. The van der Waals surface area contributed by atoms with Crippen LogP contribution in [0, 0.1) is 6.92 Å². The van der Waals surface area contributed by atoms with Crippen LogP contribution in [-0.4, -0.2) is 0 Å².